The highest BCUT2D eigenvalue weighted by atomic mass is 16.5. The summed E-state index contributed by atoms with van der Waals surface area (Å²) in [6, 6.07) is 4.62. The van der Waals surface area contributed by atoms with Crippen molar-refractivity contribution in [3.05, 3.63) is 29.8 Å². The van der Waals surface area contributed by atoms with Crippen molar-refractivity contribution in [3.63, 3.8) is 0 Å². The van der Waals surface area contributed by atoms with E-state index in [4.69, 9.17) is 25.8 Å². The third-order valence-electron chi connectivity index (χ3n) is 2.40. The average Bonchev–Trinajstić information content (AvgIpc) is 2.36. The summed E-state index contributed by atoms with van der Waals surface area (Å²) < 4.78 is 4.80. The molecular weight excluding hydrogens is 270 g/mol. The predicted octanol–water partition coefficient (Wildman–Crippen LogP) is -0.442. The van der Waals surface area contributed by atoms with Crippen molar-refractivity contribution in [2.24, 2.45) is 5.73 Å². The van der Waals surface area contributed by atoms with Crippen LogP contribution in [0.2, 0.25) is 0 Å². The maximum atomic E-state index is 10.6. The van der Waals surface area contributed by atoms with Crippen LogP contribution in [0.15, 0.2) is 24.3 Å². The second-order valence-corrected chi connectivity index (χ2v) is 3.97. The fraction of sp³-hybridized carbons (Fsp3) is 0.250. The minimum absolute atomic E-state index is 0.0486. The number of rotatable bonds is 7. The molecule has 0 saturated heterocycles. The summed E-state index contributed by atoms with van der Waals surface area (Å²) in [5, 5.41) is 26.0. The van der Waals surface area contributed by atoms with Crippen LogP contribution in [0.5, 0.6) is 5.75 Å². The molecule has 5 N–H and O–H groups in total. The molecule has 0 aliphatic rings. The lowest BCUT2D eigenvalue weighted by Crippen LogP contribution is -2.35. The summed E-state index contributed by atoms with van der Waals surface area (Å²) in [6.45, 7) is 0. The van der Waals surface area contributed by atoms with Crippen molar-refractivity contribution in [3.8, 4) is 5.75 Å². The lowest BCUT2D eigenvalue weighted by atomic mass is 10.1. The average molecular weight is 283 g/mol. The Morgan fingerprint density at radius 1 is 1.00 bits per heavy atom. The standard InChI is InChI=1S/C12H13NO7/c13-8(10(14)15)5-6-1-3-7(4-2-6)20-9(11(16)17)12(18)19/h1-4,8-9H,5,13H2,(H,14,15)(H,16,17)(H,18,19)/t8-/m1/s1. The van der Waals surface area contributed by atoms with Gasteiger partial charge in [0.1, 0.15) is 11.8 Å². The Kier molecular flexibility index (Phi) is 5.04. The quantitative estimate of drug-likeness (QED) is 0.492. The number of ether oxygens (including phenoxy) is 1. The molecule has 0 radical (unpaired) electrons. The zero-order valence-corrected chi connectivity index (χ0v) is 10.2. The highest BCUT2D eigenvalue weighted by Gasteiger charge is 2.27. The van der Waals surface area contributed by atoms with Crippen molar-refractivity contribution >= 4 is 17.9 Å². The molecule has 0 aliphatic heterocycles. The number of hydrogen-bond donors (Lipinski definition) is 4. The normalized spacial score (nSPS) is 11.9. The molecule has 8 heteroatoms. The maximum absolute atomic E-state index is 10.6. The van der Waals surface area contributed by atoms with Crippen LogP contribution in [-0.4, -0.2) is 45.4 Å². The Morgan fingerprint density at radius 3 is 1.90 bits per heavy atom. The molecule has 0 aromatic heterocycles. The number of carbonyl (C=O) groups is 3. The van der Waals surface area contributed by atoms with Crippen molar-refractivity contribution in [1.29, 1.82) is 0 Å². The van der Waals surface area contributed by atoms with Gasteiger partial charge in [-0.2, -0.15) is 0 Å². The Morgan fingerprint density at radius 2 is 1.50 bits per heavy atom. The van der Waals surface area contributed by atoms with Crippen LogP contribution >= 0.6 is 0 Å². The number of hydrogen-bond acceptors (Lipinski definition) is 5. The fourth-order valence-electron chi connectivity index (χ4n) is 1.39. The summed E-state index contributed by atoms with van der Waals surface area (Å²) in [4.78, 5) is 31.9. The minimum Gasteiger partial charge on any atom is -0.480 e. The Hall–Kier alpha value is -2.61. The third kappa shape index (κ3) is 4.25. The first kappa shape index (κ1) is 15.4. The van der Waals surface area contributed by atoms with Gasteiger partial charge in [0, 0.05) is 0 Å². The topological polar surface area (TPSA) is 147 Å². The smallest absolute Gasteiger partial charge is 0.356 e. The first-order chi connectivity index (χ1) is 9.31. The molecule has 0 heterocycles. The van der Waals surface area contributed by atoms with E-state index in [0.717, 1.165) is 0 Å². The number of nitrogens with two attached hydrogens (primary N) is 1. The largest absolute Gasteiger partial charge is 0.480 e. The van der Waals surface area contributed by atoms with E-state index in [1.165, 1.54) is 24.3 Å². The molecule has 1 aromatic carbocycles. The van der Waals surface area contributed by atoms with E-state index in [1.807, 2.05) is 0 Å². The van der Waals surface area contributed by atoms with Crippen molar-refractivity contribution in [1.82, 2.24) is 0 Å². The van der Waals surface area contributed by atoms with Crippen LogP contribution in [0.4, 0.5) is 0 Å². The second-order valence-electron chi connectivity index (χ2n) is 3.97. The third-order valence-corrected chi connectivity index (χ3v) is 2.40. The molecule has 0 bridgehead atoms. The van der Waals surface area contributed by atoms with Crippen molar-refractivity contribution < 1.29 is 34.4 Å². The maximum Gasteiger partial charge on any atom is 0.356 e. The van der Waals surface area contributed by atoms with Crippen LogP contribution < -0.4 is 10.5 Å². The molecule has 1 aromatic rings. The van der Waals surface area contributed by atoms with Gasteiger partial charge in [-0.25, -0.2) is 9.59 Å². The van der Waals surface area contributed by atoms with E-state index < -0.39 is 30.1 Å². The van der Waals surface area contributed by atoms with E-state index in [-0.39, 0.29) is 12.2 Å². The number of carboxylic acid groups (broad SMARTS) is 3. The summed E-state index contributed by atoms with van der Waals surface area (Å²) >= 11 is 0. The summed E-state index contributed by atoms with van der Waals surface area (Å²) in [5.41, 5.74) is 5.97. The zero-order chi connectivity index (χ0) is 15.3. The monoisotopic (exact) mass is 283 g/mol. The first-order valence-electron chi connectivity index (χ1n) is 5.51. The predicted molar refractivity (Wildman–Crippen MR) is 65.4 cm³/mol. The first-order valence-corrected chi connectivity index (χ1v) is 5.51. The molecule has 20 heavy (non-hydrogen) atoms. The molecule has 108 valence electrons. The molecular formula is C12H13NO7. The van der Waals surface area contributed by atoms with E-state index in [2.05, 4.69) is 0 Å². The van der Waals surface area contributed by atoms with Crippen LogP contribution in [-0.2, 0) is 20.8 Å². The van der Waals surface area contributed by atoms with Gasteiger partial charge in [0.05, 0.1) is 0 Å². The number of aliphatic carboxylic acids is 3. The SMILES string of the molecule is N[C@H](Cc1ccc(OC(C(=O)O)C(=O)O)cc1)C(=O)O. The van der Waals surface area contributed by atoms with Gasteiger partial charge in [-0.05, 0) is 24.1 Å². The van der Waals surface area contributed by atoms with Crippen LogP contribution in [0.3, 0.4) is 0 Å². The van der Waals surface area contributed by atoms with Crippen LogP contribution in [0.25, 0.3) is 0 Å². The summed E-state index contributed by atoms with van der Waals surface area (Å²) in [5.74, 6) is -4.32. The van der Waals surface area contributed by atoms with E-state index in [9.17, 15) is 14.4 Å². The van der Waals surface area contributed by atoms with E-state index >= 15 is 0 Å². The lowest BCUT2D eigenvalue weighted by molar-refractivity contribution is -0.159. The minimum atomic E-state index is -2.00. The number of carboxylic acids is 3. The number of benzene rings is 1. The molecule has 0 unspecified atom stereocenters. The highest BCUT2D eigenvalue weighted by Crippen LogP contribution is 2.15. The van der Waals surface area contributed by atoms with Crippen molar-refractivity contribution in [2.75, 3.05) is 0 Å². The van der Waals surface area contributed by atoms with Gasteiger partial charge in [-0.1, -0.05) is 12.1 Å². The molecule has 8 nitrogen and oxygen atoms in total. The van der Waals surface area contributed by atoms with Crippen molar-refractivity contribution in [2.45, 2.75) is 18.6 Å². The Labute approximate surface area is 113 Å². The Bertz CT molecular complexity index is 497. The van der Waals surface area contributed by atoms with Gasteiger partial charge in [0.15, 0.2) is 0 Å². The molecule has 0 aliphatic carbocycles. The lowest BCUT2D eigenvalue weighted by Gasteiger charge is -2.12. The van der Waals surface area contributed by atoms with Gasteiger partial charge in [-0.3, -0.25) is 4.79 Å². The summed E-state index contributed by atoms with van der Waals surface area (Å²) in [6.07, 6.45) is -1.90. The van der Waals surface area contributed by atoms with Crippen LogP contribution in [0.1, 0.15) is 5.56 Å². The molecule has 1 atom stereocenters. The van der Waals surface area contributed by atoms with E-state index in [0.29, 0.717) is 5.56 Å². The van der Waals surface area contributed by atoms with E-state index in [1.54, 1.807) is 0 Å². The van der Waals surface area contributed by atoms with Gasteiger partial charge >= 0.3 is 17.9 Å². The molecule has 1 rings (SSSR count). The molecule has 0 spiro atoms. The zero-order valence-electron chi connectivity index (χ0n) is 10.2. The van der Waals surface area contributed by atoms with Gasteiger partial charge in [0.25, 0.3) is 6.10 Å². The van der Waals surface area contributed by atoms with Gasteiger partial charge in [-0.15, -0.1) is 0 Å². The Balaban J connectivity index is 2.73. The van der Waals surface area contributed by atoms with Gasteiger partial charge < -0.3 is 25.8 Å². The van der Waals surface area contributed by atoms with Crippen LogP contribution in [0, 0.1) is 0 Å². The van der Waals surface area contributed by atoms with Gasteiger partial charge in [0.2, 0.25) is 0 Å². The molecule has 0 saturated carbocycles. The highest BCUT2D eigenvalue weighted by molar-refractivity contribution is 5.96. The summed E-state index contributed by atoms with van der Waals surface area (Å²) in [7, 11) is 0. The molecule has 0 fully saturated rings. The molecule has 0 amide bonds. The second kappa shape index (κ2) is 6.53. The fourth-order valence-corrected chi connectivity index (χ4v) is 1.39.